The van der Waals surface area contributed by atoms with E-state index in [2.05, 4.69) is 15.3 Å². The number of hydrogen-bond donors (Lipinski definition) is 1. The Bertz CT molecular complexity index is 652. The monoisotopic (exact) mass is 307 g/mol. The normalized spacial score (nSPS) is 11.0. The SMILES string of the molecule is CCOCCCNC(=O)c1sc2nc(C)nc(C)c2c1C. The summed E-state index contributed by atoms with van der Waals surface area (Å²) in [6, 6.07) is 0. The molecule has 0 atom stereocenters. The topological polar surface area (TPSA) is 64.1 Å². The maximum absolute atomic E-state index is 12.3. The van der Waals surface area contributed by atoms with Crippen molar-refractivity contribution in [3.8, 4) is 0 Å². The molecule has 0 aliphatic heterocycles. The molecule has 2 heterocycles. The van der Waals surface area contributed by atoms with Crippen LogP contribution in [-0.2, 0) is 4.74 Å². The van der Waals surface area contributed by atoms with Crippen LogP contribution in [0.4, 0.5) is 0 Å². The molecule has 6 heteroatoms. The summed E-state index contributed by atoms with van der Waals surface area (Å²) < 4.78 is 5.25. The smallest absolute Gasteiger partial charge is 0.261 e. The van der Waals surface area contributed by atoms with Gasteiger partial charge in [-0.3, -0.25) is 4.79 Å². The van der Waals surface area contributed by atoms with Gasteiger partial charge < -0.3 is 10.1 Å². The Hall–Kier alpha value is -1.53. The zero-order chi connectivity index (χ0) is 15.4. The second-order valence-electron chi connectivity index (χ2n) is 4.90. The van der Waals surface area contributed by atoms with E-state index in [0.717, 1.165) is 38.6 Å². The highest BCUT2D eigenvalue weighted by Crippen LogP contribution is 2.31. The van der Waals surface area contributed by atoms with Gasteiger partial charge in [-0.2, -0.15) is 0 Å². The number of nitrogens with zero attached hydrogens (tertiary/aromatic N) is 2. The predicted molar refractivity (Wildman–Crippen MR) is 85.1 cm³/mol. The summed E-state index contributed by atoms with van der Waals surface area (Å²) in [4.78, 5) is 22.7. The van der Waals surface area contributed by atoms with E-state index in [-0.39, 0.29) is 5.91 Å². The molecule has 0 aromatic carbocycles. The minimum atomic E-state index is -0.0379. The number of nitrogens with one attached hydrogen (secondary N) is 1. The van der Waals surface area contributed by atoms with Crippen LogP contribution in [0.15, 0.2) is 0 Å². The third-order valence-electron chi connectivity index (χ3n) is 3.24. The first-order chi connectivity index (χ1) is 10.0. The lowest BCUT2D eigenvalue weighted by atomic mass is 10.1. The highest BCUT2D eigenvalue weighted by molar-refractivity contribution is 7.20. The number of hydrogen-bond acceptors (Lipinski definition) is 5. The molecule has 5 nitrogen and oxygen atoms in total. The summed E-state index contributed by atoms with van der Waals surface area (Å²) in [5, 5.41) is 3.94. The van der Waals surface area contributed by atoms with E-state index in [4.69, 9.17) is 4.74 Å². The summed E-state index contributed by atoms with van der Waals surface area (Å²) >= 11 is 1.43. The number of thiophene rings is 1. The highest BCUT2D eigenvalue weighted by atomic mass is 32.1. The van der Waals surface area contributed by atoms with Gasteiger partial charge in [0.1, 0.15) is 10.7 Å². The van der Waals surface area contributed by atoms with Gasteiger partial charge in [0.15, 0.2) is 0 Å². The first-order valence-electron chi connectivity index (χ1n) is 7.14. The van der Waals surface area contributed by atoms with E-state index < -0.39 is 0 Å². The van der Waals surface area contributed by atoms with Gasteiger partial charge >= 0.3 is 0 Å². The molecule has 0 bridgehead atoms. The Morgan fingerprint density at radius 2 is 2.05 bits per heavy atom. The summed E-state index contributed by atoms with van der Waals surface area (Å²) in [5.74, 6) is 0.703. The van der Waals surface area contributed by atoms with Crippen LogP contribution in [0, 0.1) is 20.8 Å². The fourth-order valence-electron chi connectivity index (χ4n) is 2.29. The van der Waals surface area contributed by atoms with E-state index in [1.54, 1.807) is 0 Å². The Kier molecular flexibility index (Phi) is 5.25. The number of fused-ring (bicyclic) bond motifs is 1. The lowest BCUT2D eigenvalue weighted by molar-refractivity contribution is 0.0948. The van der Waals surface area contributed by atoms with Crippen molar-refractivity contribution in [2.45, 2.75) is 34.1 Å². The summed E-state index contributed by atoms with van der Waals surface area (Å²) in [6.07, 6.45) is 0.821. The number of rotatable bonds is 6. The first-order valence-corrected chi connectivity index (χ1v) is 7.96. The van der Waals surface area contributed by atoms with Crippen LogP contribution in [0.5, 0.6) is 0 Å². The van der Waals surface area contributed by atoms with Crippen molar-refractivity contribution in [1.29, 1.82) is 0 Å². The van der Waals surface area contributed by atoms with Crippen molar-refractivity contribution in [3.63, 3.8) is 0 Å². The van der Waals surface area contributed by atoms with Crippen LogP contribution in [0.3, 0.4) is 0 Å². The second-order valence-corrected chi connectivity index (χ2v) is 5.90. The van der Waals surface area contributed by atoms with Gasteiger partial charge in [-0.05, 0) is 39.7 Å². The van der Waals surface area contributed by atoms with Crippen LogP contribution in [0.25, 0.3) is 10.2 Å². The molecule has 0 fully saturated rings. The lowest BCUT2D eigenvalue weighted by Crippen LogP contribution is -2.25. The molecular formula is C15H21N3O2S. The molecule has 0 saturated carbocycles. The molecular weight excluding hydrogens is 286 g/mol. The zero-order valence-electron chi connectivity index (χ0n) is 12.9. The van der Waals surface area contributed by atoms with Crippen molar-refractivity contribution in [2.24, 2.45) is 0 Å². The minimum absolute atomic E-state index is 0.0379. The third kappa shape index (κ3) is 3.57. The van der Waals surface area contributed by atoms with Gasteiger partial charge in [0.05, 0.1) is 4.88 Å². The van der Waals surface area contributed by atoms with Crippen molar-refractivity contribution in [2.75, 3.05) is 19.8 Å². The lowest BCUT2D eigenvalue weighted by Gasteiger charge is -2.04. The number of ether oxygens (including phenoxy) is 1. The van der Waals surface area contributed by atoms with Crippen LogP contribution < -0.4 is 5.32 Å². The van der Waals surface area contributed by atoms with Gasteiger partial charge in [-0.1, -0.05) is 0 Å². The van der Waals surface area contributed by atoms with Gasteiger partial charge in [-0.25, -0.2) is 9.97 Å². The fourth-order valence-corrected chi connectivity index (χ4v) is 3.48. The largest absolute Gasteiger partial charge is 0.382 e. The van der Waals surface area contributed by atoms with E-state index in [1.165, 1.54) is 11.3 Å². The number of aromatic nitrogens is 2. The van der Waals surface area contributed by atoms with Gasteiger partial charge in [-0.15, -0.1) is 11.3 Å². The molecule has 0 aliphatic rings. The maximum Gasteiger partial charge on any atom is 0.261 e. The van der Waals surface area contributed by atoms with E-state index in [9.17, 15) is 4.79 Å². The van der Waals surface area contributed by atoms with E-state index in [1.807, 2.05) is 27.7 Å². The molecule has 2 rings (SSSR count). The van der Waals surface area contributed by atoms with E-state index in [0.29, 0.717) is 19.8 Å². The van der Waals surface area contributed by atoms with Crippen molar-refractivity contribution in [3.05, 3.63) is 22.0 Å². The maximum atomic E-state index is 12.3. The Morgan fingerprint density at radius 3 is 2.76 bits per heavy atom. The molecule has 0 saturated heterocycles. The average Bonchev–Trinajstić information content (AvgIpc) is 2.75. The summed E-state index contributed by atoms with van der Waals surface area (Å²) in [5.41, 5.74) is 1.90. The quantitative estimate of drug-likeness (QED) is 0.834. The molecule has 2 aromatic heterocycles. The third-order valence-corrected chi connectivity index (χ3v) is 4.43. The van der Waals surface area contributed by atoms with Gasteiger partial charge in [0.25, 0.3) is 5.91 Å². The molecule has 1 N–H and O–H groups in total. The predicted octanol–water partition coefficient (Wildman–Crippen LogP) is 2.77. The summed E-state index contributed by atoms with van der Waals surface area (Å²) in [7, 11) is 0. The molecule has 21 heavy (non-hydrogen) atoms. The van der Waals surface area contributed by atoms with Crippen LogP contribution in [0.1, 0.15) is 40.1 Å². The van der Waals surface area contributed by atoms with E-state index >= 15 is 0 Å². The standard InChI is InChI=1S/C15H21N3O2S/c1-5-20-8-6-7-16-14(19)13-9(2)12-10(3)17-11(4)18-15(12)21-13/h5-8H2,1-4H3,(H,16,19). The van der Waals surface area contributed by atoms with Crippen molar-refractivity contribution >= 4 is 27.5 Å². The number of carbonyl (C=O) groups is 1. The van der Waals surface area contributed by atoms with Crippen molar-refractivity contribution in [1.82, 2.24) is 15.3 Å². The Balaban J connectivity index is 2.13. The van der Waals surface area contributed by atoms with Gasteiger partial charge in [0.2, 0.25) is 0 Å². The Labute approximate surface area is 128 Å². The molecule has 0 unspecified atom stereocenters. The van der Waals surface area contributed by atoms with Crippen LogP contribution >= 0.6 is 11.3 Å². The molecule has 0 spiro atoms. The number of carbonyl (C=O) groups excluding carboxylic acids is 1. The molecule has 1 amide bonds. The Morgan fingerprint density at radius 1 is 1.29 bits per heavy atom. The van der Waals surface area contributed by atoms with Crippen molar-refractivity contribution < 1.29 is 9.53 Å². The minimum Gasteiger partial charge on any atom is -0.382 e. The molecule has 2 aromatic rings. The summed E-state index contributed by atoms with van der Waals surface area (Å²) in [6.45, 7) is 9.75. The molecule has 0 aliphatic carbocycles. The average molecular weight is 307 g/mol. The molecule has 0 radical (unpaired) electrons. The highest BCUT2D eigenvalue weighted by Gasteiger charge is 2.18. The van der Waals surface area contributed by atoms with Gasteiger partial charge in [0, 0.05) is 30.8 Å². The first kappa shape index (κ1) is 15.9. The number of amides is 1. The second kappa shape index (κ2) is 6.95. The fraction of sp³-hybridized carbons (Fsp3) is 0.533. The van der Waals surface area contributed by atoms with Crippen LogP contribution in [0.2, 0.25) is 0 Å². The zero-order valence-corrected chi connectivity index (χ0v) is 13.8. The molecule has 114 valence electrons. The van der Waals surface area contributed by atoms with Crippen LogP contribution in [-0.4, -0.2) is 35.6 Å². The number of aryl methyl sites for hydroxylation is 3.